The monoisotopic (exact) mass is 275 g/mol. The van der Waals surface area contributed by atoms with E-state index >= 15 is 0 Å². The van der Waals surface area contributed by atoms with Crippen LogP contribution in [0.2, 0.25) is 0 Å². The van der Waals surface area contributed by atoms with Gasteiger partial charge in [-0.25, -0.2) is 0 Å². The van der Waals surface area contributed by atoms with Crippen molar-refractivity contribution < 1.29 is 14.7 Å². The van der Waals surface area contributed by atoms with Crippen molar-refractivity contribution in [3.8, 4) is 0 Å². The van der Waals surface area contributed by atoms with Crippen LogP contribution in [0.25, 0.3) is 10.9 Å². The molecule has 1 heterocycles. The van der Waals surface area contributed by atoms with E-state index in [-0.39, 0.29) is 12.5 Å². The number of hydrogen-bond acceptors (Lipinski definition) is 3. The van der Waals surface area contributed by atoms with Gasteiger partial charge in [-0.05, 0) is 25.1 Å². The molecule has 1 amide bonds. The maximum atomic E-state index is 12.4. The first-order chi connectivity index (χ1) is 9.52. The summed E-state index contributed by atoms with van der Waals surface area (Å²) in [5, 5.41) is 16.5. The van der Waals surface area contributed by atoms with Crippen LogP contribution in [0, 0.1) is 5.92 Å². The largest absolute Gasteiger partial charge is 0.481 e. The average Bonchev–Trinajstić information content (AvgIpc) is 2.90. The van der Waals surface area contributed by atoms with Crippen LogP contribution in [0.1, 0.15) is 24.2 Å². The molecule has 0 radical (unpaired) electrons. The summed E-state index contributed by atoms with van der Waals surface area (Å²) >= 11 is 0. The Morgan fingerprint density at radius 1 is 1.45 bits per heavy atom. The van der Waals surface area contributed by atoms with E-state index in [1.807, 2.05) is 6.92 Å². The Balaban J connectivity index is 2.20. The second-order valence-corrected chi connectivity index (χ2v) is 4.76. The van der Waals surface area contributed by atoms with Crippen LogP contribution in [-0.4, -0.2) is 45.2 Å². The molecule has 0 saturated carbocycles. The second kappa shape index (κ2) is 5.73. The maximum absolute atomic E-state index is 12.4. The first-order valence-corrected chi connectivity index (χ1v) is 6.48. The number of carbonyl (C=O) groups excluding carboxylic acids is 1. The van der Waals surface area contributed by atoms with Crippen LogP contribution in [0.15, 0.2) is 24.4 Å². The smallest absolute Gasteiger partial charge is 0.308 e. The summed E-state index contributed by atoms with van der Waals surface area (Å²) in [5.41, 5.74) is 1.40. The van der Waals surface area contributed by atoms with E-state index in [1.54, 1.807) is 36.2 Å². The van der Waals surface area contributed by atoms with Crippen molar-refractivity contribution in [3.63, 3.8) is 0 Å². The molecule has 1 aromatic heterocycles. The van der Waals surface area contributed by atoms with Gasteiger partial charge in [0.25, 0.3) is 5.91 Å². The number of H-pyrrole nitrogens is 1. The van der Waals surface area contributed by atoms with E-state index < -0.39 is 11.9 Å². The number of hydrogen-bond donors (Lipinski definition) is 2. The van der Waals surface area contributed by atoms with Crippen molar-refractivity contribution in [1.29, 1.82) is 0 Å². The lowest BCUT2D eigenvalue weighted by Gasteiger charge is -2.23. The summed E-state index contributed by atoms with van der Waals surface area (Å²) in [4.78, 5) is 24.8. The molecule has 0 aliphatic carbocycles. The van der Waals surface area contributed by atoms with Crippen LogP contribution in [0.5, 0.6) is 0 Å². The Morgan fingerprint density at radius 3 is 2.85 bits per heavy atom. The van der Waals surface area contributed by atoms with Gasteiger partial charge in [0.05, 0.1) is 17.6 Å². The fourth-order valence-corrected chi connectivity index (χ4v) is 2.02. The van der Waals surface area contributed by atoms with Gasteiger partial charge >= 0.3 is 5.97 Å². The molecule has 0 aliphatic heterocycles. The molecule has 0 aliphatic rings. The number of carboxylic acid groups (broad SMARTS) is 1. The number of fused-ring (bicyclic) bond motifs is 1. The van der Waals surface area contributed by atoms with Crippen LogP contribution in [0.4, 0.5) is 0 Å². The fourth-order valence-electron chi connectivity index (χ4n) is 2.02. The SMILES string of the molecule is CCN(CC(C)C(=O)O)C(=O)c1ccc2[nH]ncc2c1. The van der Waals surface area contributed by atoms with Crippen molar-refractivity contribution in [2.24, 2.45) is 5.92 Å². The normalized spacial score (nSPS) is 12.3. The van der Waals surface area contributed by atoms with E-state index in [4.69, 9.17) is 5.11 Å². The van der Waals surface area contributed by atoms with Gasteiger partial charge in [0, 0.05) is 24.0 Å². The average molecular weight is 275 g/mol. The molecule has 6 nitrogen and oxygen atoms in total. The summed E-state index contributed by atoms with van der Waals surface area (Å²) in [6.07, 6.45) is 1.66. The standard InChI is InChI=1S/C14H17N3O3/c1-3-17(8-9(2)14(19)20)13(18)10-4-5-12-11(6-10)7-15-16-12/h4-7,9H,3,8H2,1-2H3,(H,15,16)(H,19,20). The third-order valence-electron chi connectivity index (χ3n) is 3.27. The lowest BCUT2D eigenvalue weighted by atomic mass is 10.1. The Hall–Kier alpha value is -2.37. The molecule has 0 spiro atoms. The zero-order valence-corrected chi connectivity index (χ0v) is 11.5. The molecule has 0 fully saturated rings. The first kappa shape index (κ1) is 14.0. The maximum Gasteiger partial charge on any atom is 0.308 e. The van der Waals surface area contributed by atoms with Crippen molar-refractivity contribution in [2.45, 2.75) is 13.8 Å². The van der Waals surface area contributed by atoms with E-state index in [9.17, 15) is 9.59 Å². The second-order valence-electron chi connectivity index (χ2n) is 4.76. The van der Waals surface area contributed by atoms with Gasteiger partial charge in [0.15, 0.2) is 0 Å². The Bertz CT molecular complexity index is 635. The minimum absolute atomic E-state index is 0.163. The molecule has 106 valence electrons. The third-order valence-corrected chi connectivity index (χ3v) is 3.27. The number of aromatic amines is 1. The van der Waals surface area contributed by atoms with Crippen molar-refractivity contribution in [2.75, 3.05) is 13.1 Å². The van der Waals surface area contributed by atoms with Gasteiger partial charge in [0.1, 0.15) is 0 Å². The van der Waals surface area contributed by atoms with Crippen LogP contribution < -0.4 is 0 Å². The first-order valence-electron chi connectivity index (χ1n) is 6.48. The lowest BCUT2D eigenvalue weighted by Crippen LogP contribution is -2.36. The van der Waals surface area contributed by atoms with Gasteiger partial charge in [-0.3, -0.25) is 14.7 Å². The molecule has 1 atom stereocenters. The zero-order valence-electron chi connectivity index (χ0n) is 11.5. The number of aromatic nitrogens is 2. The molecule has 0 saturated heterocycles. The van der Waals surface area contributed by atoms with E-state index in [0.717, 1.165) is 10.9 Å². The van der Waals surface area contributed by atoms with Crippen LogP contribution >= 0.6 is 0 Å². The van der Waals surface area contributed by atoms with Crippen molar-refractivity contribution in [3.05, 3.63) is 30.0 Å². The molecule has 1 unspecified atom stereocenters. The molecule has 20 heavy (non-hydrogen) atoms. The highest BCUT2D eigenvalue weighted by Crippen LogP contribution is 2.15. The van der Waals surface area contributed by atoms with Gasteiger partial charge < -0.3 is 10.0 Å². The summed E-state index contributed by atoms with van der Waals surface area (Å²) in [6, 6.07) is 5.27. The number of rotatable bonds is 5. The number of nitrogens with zero attached hydrogens (tertiary/aromatic N) is 2. The molecular weight excluding hydrogens is 258 g/mol. The molecule has 1 aromatic carbocycles. The Kier molecular flexibility index (Phi) is 4.02. The summed E-state index contributed by atoms with van der Waals surface area (Å²) in [6.45, 7) is 4.11. The zero-order chi connectivity index (χ0) is 14.7. The van der Waals surface area contributed by atoms with Crippen molar-refractivity contribution >= 4 is 22.8 Å². The number of carboxylic acids is 1. The molecule has 6 heteroatoms. The third kappa shape index (κ3) is 2.79. The molecule has 2 rings (SSSR count). The van der Waals surface area contributed by atoms with Crippen LogP contribution in [-0.2, 0) is 4.79 Å². The molecule has 2 N–H and O–H groups in total. The van der Waals surface area contributed by atoms with Crippen molar-refractivity contribution in [1.82, 2.24) is 15.1 Å². The topological polar surface area (TPSA) is 86.3 Å². The number of benzene rings is 1. The van der Waals surface area contributed by atoms with Crippen LogP contribution in [0.3, 0.4) is 0 Å². The summed E-state index contributed by atoms with van der Waals surface area (Å²) in [5.74, 6) is -1.65. The summed E-state index contributed by atoms with van der Waals surface area (Å²) < 4.78 is 0. The Morgan fingerprint density at radius 2 is 2.20 bits per heavy atom. The highest BCUT2D eigenvalue weighted by Gasteiger charge is 2.20. The Labute approximate surface area is 116 Å². The highest BCUT2D eigenvalue weighted by molar-refractivity contribution is 5.98. The number of aliphatic carboxylic acids is 1. The number of carbonyl (C=O) groups is 2. The molecule has 0 bridgehead atoms. The van der Waals surface area contributed by atoms with E-state index in [1.165, 1.54) is 0 Å². The minimum Gasteiger partial charge on any atom is -0.481 e. The number of nitrogens with one attached hydrogen (secondary N) is 1. The predicted octanol–water partition coefficient (Wildman–Crippen LogP) is 1.75. The lowest BCUT2D eigenvalue weighted by molar-refractivity contribution is -0.141. The quantitative estimate of drug-likeness (QED) is 0.870. The fraction of sp³-hybridized carbons (Fsp3) is 0.357. The summed E-state index contributed by atoms with van der Waals surface area (Å²) in [7, 11) is 0. The highest BCUT2D eigenvalue weighted by atomic mass is 16.4. The van der Waals surface area contributed by atoms with Gasteiger partial charge in [-0.1, -0.05) is 6.92 Å². The van der Waals surface area contributed by atoms with Gasteiger partial charge in [-0.15, -0.1) is 0 Å². The number of amides is 1. The minimum atomic E-state index is -0.901. The predicted molar refractivity (Wildman–Crippen MR) is 74.5 cm³/mol. The molecular formula is C14H17N3O3. The van der Waals surface area contributed by atoms with Gasteiger partial charge in [0.2, 0.25) is 0 Å². The van der Waals surface area contributed by atoms with E-state index in [0.29, 0.717) is 12.1 Å². The van der Waals surface area contributed by atoms with E-state index in [2.05, 4.69) is 10.2 Å². The van der Waals surface area contributed by atoms with Gasteiger partial charge in [-0.2, -0.15) is 5.10 Å². The molecule has 2 aromatic rings.